The first-order valence-corrected chi connectivity index (χ1v) is 10.1. The summed E-state index contributed by atoms with van der Waals surface area (Å²) in [5.41, 5.74) is -3.25. The van der Waals surface area contributed by atoms with Crippen LogP contribution >= 0.6 is 11.3 Å². The number of hydrogen-bond acceptors (Lipinski definition) is 8. The highest BCUT2D eigenvalue weighted by Crippen LogP contribution is 2.37. The van der Waals surface area contributed by atoms with Crippen molar-refractivity contribution in [1.29, 1.82) is 0 Å². The van der Waals surface area contributed by atoms with Gasteiger partial charge in [-0.3, -0.25) is 24.3 Å². The van der Waals surface area contributed by atoms with E-state index in [1.54, 1.807) is 6.92 Å². The summed E-state index contributed by atoms with van der Waals surface area (Å²) in [5.74, 6) is -1.62. The number of esters is 1. The Morgan fingerprint density at radius 1 is 1.33 bits per heavy atom. The van der Waals surface area contributed by atoms with Crippen LogP contribution in [-0.2, 0) is 22.3 Å². The van der Waals surface area contributed by atoms with Crippen molar-refractivity contribution in [3.05, 3.63) is 61.0 Å². The summed E-state index contributed by atoms with van der Waals surface area (Å²) in [6.07, 6.45) is -3.93. The molecular weight excluding hydrogens is 469 g/mol. The predicted octanol–water partition coefficient (Wildman–Crippen LogP) is 3.51. The van der Waals surface area contributed by atoms with Crippen LogP contribution in [-0.4, -0.2) is 33.0 Å². The number of hydrogen-bond donors (Lipinski definition) is 1. The van der Waals surface area contributed by atoms with Crippen molar-refractivity contribution in [3.8, 4) is 0 Å². The molecule has 0 fully saturated rings. The lowest BCUT2D eigenvalue weighted by molar-refractivity contribution is -0.385. The minimum atomic E-state index is -4.97. The third kappa shape index (κ3) is 4.84. The van der Waals surface area contributed by atoms with E-state index in [1.165, 1.54) is 6.92 Å². The zero-order valence-corrected chi connectivity index (χ0v) is 17.9. The molecule has 174 valence electrons. The molecule has 0 unspecified atom stereocenters. The monoisotopic (exact) mass is 484 g/mol. The first-order chi connectivity index (χ1) is 15.4. The minimum Gasteiger partial charge on any atom is -0.462 e. The number of anilines is 1. The zero-order chi connectivity index (χ0) is 24.5. The molecule has 10 nitrogen and oxygen atoms in total. The van der Waals surface area contributed by atoms with E-state index in [2.05, 4.69) is 4.98 Å². The fraction of sp³-hybridized carbons (Fsp3) is 0.263. The topological polar surface area (TPSA) is 133 Å². The maximum atomic E-state index is 13.3. The van der Waals surface area contributed by atoms with Crippen molar-refractivity contribution < 1.29 is 32.4 Å². The summed E-state index contributed by atoms with van der Waals surface area (Å²) in [4.78, 5) is 51.5. The average Bonchev–Trinajstić information content (AvgIpc) is 3.07. The van der Waals surface area contributed by atoms with Crippen LogP contribution in [0.3, 0.4) is 0 Å². The predicted molar refractivity (Wildman–Crippen MR) is 111 cm³/mol. The zero-order valence-electron chi connectivity index (χ0n) is 17.1. The van der Waals surface area contributed by atoms with E-state index in [0.717, 1.165) is 34.4 Å². The lowest BCUT2D eigenvalue weighted by Gasteiger charge is -2.14. The molecule has 0 bridgehead atoms. The first kappa shape index (κ1) is 23.8. The van der Waals surface area contributed by atoms with Crippen LogP contribution in [0.4, 0.5) is 24.5 Å². The number of rotatable bonds is 6. The molecule has 1 amide bonds. The van der Waals surface area contributed by atoms with Crippen LogP contribution in [0.15, 0.2) is 29.3 Å². The number of nitro benzene ring substituents is 1. The summed E-state index contributed by atoms with van der Waals surface area (Å²) in [5, 5.41) is 12.9. The number of thiophene rings is 1. The standard InChI is InChI=1S/C19H15F3N4O6S/c1-3-32-18(29)15-9(2)14-16(33-15)23-8-25(17(14)28)7-13(27)24-12-5-4-10(26(30)31)6-11(12)19(20,21)22/h4-6,8H,3,7H2,1-2H3,(H,24,27). The molecule has 0 aliphatic rings. The van der Waals surface area contributed by atoms with Gasteiger partial charge in [0.1, 0.15) is 16.3 Å². The maximum absolute atomic E-state index is 13.3. The Balaban J connectivity index is 1.91. The lowest BCUT2D eigenvalue weighted by Crippen LogP contribution is -2.28. The van der Waals surface area contributed by atoms with E-state index in [0.29, 0.717) is 11.6 Å². The third-order valence-corrected chi connectivity index (χ3v) is 5.67. The number of ether oxygens (including phenoxy) is 1. The third-order valence-electron chi connectivity index (χ3n) is 4.49. The number of non-ortho nitro benzene ring substituents is 1. The number of alkyl halides is 3. The second-order valence-corrected chi connectivity index (χ2v) is 7.67. The van der Waals surface area contributed by atoms with Gasteiger partial charge in [-0.15, -0.1) is 11.3 Å². The van der Waals surface area contributed by atoms with Gasteiger partial charge < -0.3 is 10.1 Å². The largest absolute Gasteiger partial charge is 0.462 e. The SMILES string of the molecule is CCOC(=O)c1sc2ncn(CC(=O)Nc3ccc([N+](=O)[O-])cc3C(F)(F)F)c(=O)c2c1C. The Kier molecular flexibility index (Phi) is 6.48. The molecule has 3 rings (SSSR count). The normalized spacial score (nSPS) is 11.4. The number of aromatic nitrogens is 2. The number of fused-ring (bicyclic) bond motifs is 1. The molecule has 14 heteroatoms. The molecule has 2 heterocycles. The number of halogens is 3. The van der Waals surface area contributed by atoms with Crippen LogP contribution in [0.25, 0.3) is 10.2 Å². The highest BCUT2D eigenvalue weighted by atomic mass is 32.1. The summed E-state index contributed by atoms with van der Waals surface area (Å²) < 4.78 is 45.7. The van der Waals surface area contributed by atoms with Crippen molar-refractivity contribution in [1.82, 2.24) is 9.55 Å². The van der Waals surface area contributed by atoms with E-state index >= 15 is 0 Å². The molecule has 0 saturated carbocycles. The second-order valence-electron chi connectivity index (χ2n) is 6.67. The lowest BCUT2D eigenvalue weighted by atomic mass is 10.1. The molecule has 3 aromatic rings. The van der Waals surface area contributed by atoms with Gasteiger partial charge in [0.15, 0.2) is 0 Å². The van der Waals surface area contributed by atoms with Crippen LogP contribution < -0.4 is 10.9 Å². The quantitative estimate of drug-likeness (QED) is 0.322. The average molecular weight is 484 g/mol. The molecule has 0 aliphatic carbocycles. The fourth-order valence-electron chi connectivity index (χ4n) is 3.00. The van der Waals surface area contributed by atoms with Crippen LogP contribution in [0.2, 0.25) is 0 Å². The van der Waals surface area contributed by atoms with Gasteiger partial charge in [0.2, 0.25) is 5.91 Å². The Labute approximate surface area is 186 Å². The Morgan fingerprint density at radius 2 is 2.03 bits per heavy atom. The highest BCUT2D eigenvalue weighted by molar-refractivity contribution is 7.20. The van der Waals surface area contributed by atoms with Crippen molar-refractivity contribution in [2.24, 2.45) is 0 Å². The molecule has 1 N–H and O–H groups in total. The maximum Gasteiger partial charge on any atom is 0.418 e. The smallest absolute Gasteiger partial charge is 0.418 e. The van der Waals surface area contributed by atoms with E-state index in [1.807, 2.05) is 5.32 Å². The molecule has 1 aromatic carbocycles. The molecular formula is C19H15F3N4O6S. The summed E-state index contributed by atoms with van der Waals surface area (Å²) in [6.45, 7) is 2.59. The molecule has 0 radical (unpaired) electrons. The van der Waals surface area contributed by atoms with Gasteiger partial charge in [0.05, 0.1) is 34.5 Å². The molecule has 2 aromatic heterocycles. The number of nitrogens with zero attached hydrogens (tertiary/aromatic N) is 3. The Morgan fingerprint density at radius 3 is 2.64 bits per heavy atom. The number of nitrogens with one attached hydrogen (secondary N) is 1. The molecule has 33 heavy (non-hydrogen) atoms. The number of amides is 1. The van der Waals surface area contributed by atoms with E-state index in [4.69, 9.17) is 4.74 Å². The number of nitro groups is 1. The molecule has 0 saturated heterocycles. The van der Waals surface area contributed by atoms with E-state index in [9.17, 15) is 37.7 Å². The van der Waals surface area contributed by atoms with Gasteiger partial charge in [0, 0.05) is 12.1 Å². The number of benzene rings is 1. The van der Waals surface area contributed by atoms with Crippen molar-refractivity contribution in [3.63, 3.8) is 0 Å². The van der Waals surface area contributed by atoms with E-state index in [-0.39, 0.29) is 21.7 Å². The number of carbonyl (C=O) groups excluding carboxylic acids is 2. The molecule has 0 spiro atoms. The number of aryl methyl sites for hydroxylation is 1. The van der Waals surface area contributed by atoms with Crippen LogP contribution in [0, 0.1) is 17.0 Å². The Bertz CT molecular complexity index is 1330. The van der Waals surface area contributed by atoms with Crippen LogP contribution in [0.1, 0.15) is 27.7 Å². The summed E-state index contributed by atoms with van der Waals surface area (Å²) >= 11 is 0.945. The van der Waals surface area contributed by atoms with Gasteiger partial charge in [-0.1, -0.05) is 0 Å². The van der Waals surface area contributed by atoms with Crippen molar-refractivity contribution in [2.75, 3.05) is 11.9 Å². The van der Waals surface area contributed by atoms with Crippen LogP contribution in [0.5, 0.6) is 0 Å². The highest BCUT2D eigenvalue weighted by Gasteiger charge is 2.35. The van der Waals surface area contributed by atoms with Gasteiger partial charge in [-0.25, -0.2) is 9.78 Å². The van der Waals surface area contributed by atoms with Gasteiger partial charge in [-0.2, -0.15) is 13.2 Å². The molecule has 0 aliphatic heterocycles. The van der Waals surface area contributed by atoms with Crippen molar-refractivity contribution in [2.45, 2.75) is 26.6 Å². The summed E-state index contributed by atoms with van der Waals surface area (Å²) in [6, 6.07) is 1.88. The second kappa shape index (κ2) is 8.97. The minimum absolute atomic E-state index is 0.0877. The first-order valence-electron chi connectivity index (χ1n) is 9.25. The Hall–Kier alpha value is -3.81. The van der Waals surface area contributed by atoms with Gasteiger partial charge in [0.25, 0.3) is 11.2 Å². The fourth-order valence-corrected chi connectivity index (χ4v) is 4.03. The van der Waals surface area contributed by atoms with Gasteiger partial charge >= 0.3 is 12.1 Å². The molecule has 0 atom stereocenters. The van der Waals surface area contributed by atoms with E-state index < -0.39 is 52.0 Å². The summed E-state index contributed by atoms with van der Waals surface area (Å²) in [7, 11) is 0. The number of carbonyl (C=O) groups is 2. The van der Waals surface area contributed by atoms with Crippen molar-refractivity contribution >= 4 is 44.8 Å². The van der Waals surface area contributed by atoms with Gasteiger partial charge in [-0.05, 0) is 25.5 Å².